The molecule has 0 aromatic carbocycles. The fourth-order valence-electron chi connectivity index (χ4n) is 0.351. The minimum Gasteiger partial charge on any atom is -0.103 e. The fraction of sp³-hybridized carbons (Fsp3) is 0.375. The van der Waals surface area contributed by atoms with Gasteiger partial charge in [0.2, 0.25) is 0 Å². The van der Waals surface area contributed by atoms with E-state index in [0.717, 1.165) is 19.3 Å². The predicted molar refractivity (Wildman–Crippen MR) is 37.2 cm³/mol. The molecule has 0 aliphatic rings. The van der Waals surface area contributed by atoms with Crippen molar-refractivity contribution in [2.24, 2.45) is 0 Å². The molecule has 0 aliphatic carbocycles. The molecule has 0 unspecified atom stereocenters. The SMILES string of the molecule is [CH2]CC#CCCC=C. The minimum absolute atomic E-state index is 0.719. The molecule has 0 atom stereocenters. The largest absolute Gasteiger partial charge is 0.103 e. The first-order valence-corrected chi connectivity index (χ1v) is 2.77. The first kappa shape index (κ1) is 7.30. The second-order valence-electron chi connectivity index (χ2n) is 1.43. The Balaban J connectivity index is 3.02. The van der Waals surface area contributed by atoms with Crippen LogP contribution in [-0.2, 0) is 0 Å². The van der Waals surface area contributed by atoms with Crippen LogP contribution < -0.4 is 0 Å². The summed E-state index contributed by atoms with van der Waals surface area (Å²) >= 11 is 0. The molecule has 0 aliphatic heterocycles. The van der Waals surface area contributed by atoms with Gasteiger partial charge in [-0.3, -0.25) is 0 Å². The number of hydrogen-bond donors (Lipinski definition) is 0. The van der Waals surface area contributed by atoms with Crippen LogP contribution in [-0.4, -0.2) is 0 Å². The van der Waals surface area contributed by atoms with Gasteiger partial charge in [-0.1, -0.05) is 6.08 Å². The quantitative estimate of drug-likeness (QED) is 0.288. The van der Waals surface area contributed by atoms with Gasteiger partial charge in [-0.2, -0.15) is 0 Å². The van der Waals surface area contributed by atoms with E-state index < -0.39 is 0 Å². The highest BCUT2D eigenvalue weighted by atomic mass is 13.7. The van der Waals surface area contributed by atoms with Gasteiger partial charge in [-0.05, 0) is 13.3 Å². The zero-order valence-corrected chi connectivity index (χ0v) is 5.11. The smallest absolute Gasteiger partial charge is 0.0123 e. The molecule has 0 fully saturated rings. The Hall–Kier alpha value is -0.700. The Bertz CT molecular complexity index is 101. The molecule has 0 rings (SSSR count). The normalized spacial score (nSPS) is 7.12. The van der Waals surface area contributed by atoms with Crippen LogP contribution in [0.4, 0.5) is 0 Å². The second kappa shape index (κ2) is 6.30. The van der Waals surface area contributed by atoms with Gasteiger partial charge >= 0.3 is 0 Å². The highest BCUT2D eigenvalue weighted by Crippen LogP contribution is 1.84. The Labute approximate surface area is 51.6 Å². The Morgan fingerprint density at radius 1 is 1.38 bits per heavy atom. The van der Waals surface area contributed by atoms with E-state index in [9.17, 15) is 0 Å². The lowest BCUT2D eigenvalue weighted by Gasteiger charge is -1.77. The average Bonchev–Trinajstić information content (AvgIpc) is 1.81. The summed E-state index contributed by atoms with van der Waals surface area (Å²) in [4.78, 5) is 0. The number of hydrogen-bond acceptors (Lipinski definition) is 0. The molecule has 0 heterocycles. The molecule has 0 spiro atoms. The van der Waals surface area contributed by atoms with E-state index in [-0.39, 0.29) is 0 Å². The summed E-state index contributed by atoms with van der Waals surface area (Å²) in [6, 6.07) is 0. The Morgan fingerprint density at radius 2 is 2.12 bits per heavy atom. The van der Waals surface area contributed by atoms with Gasteiger partial charge in [-0.15, -0.1) is 18.4 Å². The Morgan fingerprint density at radius 3 is 2.62 bits per heavy atom. The van der Waals surface area contributed by atoms with Crippen molar-refractivity contribution in [3.63, 3.8) is 0 Å². The molecule has 0 saturated carbocycles. The highest BCUT2D eigenvalue weighted by Gasteiger charge is 1.69. The van der Waals surface area contributed by atoms with Gasteiger partial charge in [0.1, 0.15) is 0 Å². The van der Waals surface area contributed by atoms with E-state index >= 15 is 0 Å². The van der Waals surface area contributed by atoms with Gasteiger partial charge in [0.05, 0.1) is 0 Å². The molecule has 8 heavy (non-hydrogen) atoms. The second-order valence-corrected chi connectivity index (χ2v) is 1.43. The molecule has 0 bridgehead atoms. The molecular formula is C8H11. The van der Waals surface area contributed by atoms with E-state index in [1.54, 1.807) is 0 Å². The van der Waals surface area contributed by atoms with Crippen LogP contribution in [0.2, 0.25) is 0 Å². The third-order valence-corrected chi connectivity index (χ3v) is 0.723. The van der Waals surface area contributed by atoms with Gasteiger partial charge in [-0.25, -0.2) is 0 Å². The minimum atomic E-state index is 0.719. The van der Waals surface area contributed by atoms with E-state index in [1.807, 2.05) is 6.08 Å². The third-order valence-electron chi connectivity index (χ3n) is 0.723. The molecular weight excluding hydrogens is 96.1 g/mol. The lowest BCUT2D eigenvalue weighted by atomic mass is 10.3. The zero-order chi connectivity index (χ0) is 6.24. The Kier molecular flexibility index (Phi) is 5.75. The van der Waals surface area contributed by atoms with Gasteiger partial charge < -0.3 is 0 Å². The summed E-state index contributed by atoms with van der Waals surface area (Å²) in [6.45, 7) is 7.16. The lowest BCUT2D eigenvalue weighted by Crippen LogP contribution is -1.62. The third kappa shape index (κ3) is 5.30. The molecule has 0 heteroatoms. The molecule has 0 N–H and O–H groups in total. The zero-order valence-electron chi connectivity index (χ0n) is 5.11. The molecule has 0 saturated heterocycles. The summed E-state index contributed by atoms with van der Waals surface area (Å²) in [5.41, 5.74) is 0. The first-order chi connectivity index (χ1) is 3.91. The van der Waals surface area contributed by atoms with Crippen LogP contribution in [0.25, 0.3) is 0 Å². The van der Waals surface area contributed by atoms with Crippen LogP contribution in [0.5, 0.6) is 0 Å². The fourth-order valence-corrected chi connectivity index (χ4v) is 0.351. The van der Waals surface area contributed by atoms with Crippen LogP contribution in [0, 0.1) is 18.8 Å². The van der Waals surface area contributed by atoms with Crippen molar-refractivity contribution in [3.05, 3.63) is 19.6 Å². The summed E-state index contributed by atoms with van der Waals surface area (Å²) < 4.78 is 0. The monoisotopic (exact) mass is 107 g/mol. The molecule has 0 nitrogen and oxygen atoms in total. The van der Waals surface area contributed by atoms with Crippen LogP contribution in [0.1, 0.15) is 19.3 Å². The number of allylic oxidation sites excluding steroid dienone is 1. The molecule has 1 radical (unpaired) electrons. The topological polar surface area (TPSA) is 0 Å². The predicted octanol–water partition coefficient (Wildman–Crippen LogP) is 2.18. The maximum absolute atomic E-state index is 3.58. The van der Waals surface area contributed by atoms with E-state index in [4.69, 9.17) is 0 Å². The number of unbranched alkanes of at least 4 members (excludes halogenated alkanes) is 1. The molecule has 43 valence electrons. The van der Waals surface area contributed by atoms with Gasteiger partial charge in [0.25, 0.3) is 0 Å². The standard InChI is InChI=1S/C8H11/c1-3-5-7-8-6-4-2/h3H,1-2,4-5,7H2. The maximum atomic E-state index is 3.58. The van der Waals surface area contributed by atoms with E-state index in [1.165, 1.54) is 0 Å². The number of rotatable bonds is 2. The van der Waals surface area contributed by atoms with Crippen molar-refractivity contribution in [2.75, 3.05) is 0 Å². The van der Waals surface area contributed by atoms with Crippen LogP contribution in [0.15, 0.2) is 12.7 Å². The van der Waals surface area contributed by atoms with Crippen molar-refractivity contribution in [3.8, 4) is 11.8 Å². The maximum Gasteiger partial charge on any atom is 0.0123 e. The van der Waals surface area contributed by atoms with Crippen LogP contribution >= 0.6 is 0 Å². The summed E-state index contributed by atoms with van der Waals surface area (Å²) in [6.07, 6.45) is 4.51. The van der Waals surface area contributed by atoms with Gasteiger partial charge in [0.15, 0.2) is 0 Å². The molecule has 0 aromatic heterocycles. The lowest BCUT2D eigenvalue weighted by molar-refractivity contribution is 1.09. The molecule has 0 aromatic rings. The summed E-state index contributed by atoms with van der Waals surface area (Å²) in [5, 5.41) is 0. The van der Waals surface area contributed by atoms with Crippen molar-refractivity contribution in [1.82, 2.24) is 0 Å². The van der Waals surface area contributed by atoms with Crippen molar-refractivity contribution in [2.45, 2.75) is 19.3 Å². The van der Waals surface area contributed by atoms with Crippen molar-refractivity contribution in [1.29, 1.82) is 0 Å². The van der Waals surface area contributed by atoms with Crippen molar-refractivity contribution >= 4 is 0 Å². The molecule has 0 amide bonds. The first-order valence-electron chi connectivity index (χ1n) is 2.77. The highest BCUT2D eigenvalue weighted by molar-refractivity contribution is 5.00. The summed E-state index contributed by atoms with van der Waals surface area (Å²) in [7, 11) is 0. The summed E-state index contributed by atoms with van der Waals surface area (Å²) in [5.74, 6) is 5.83. The average molecular weight is 107 g/mol. The van der Waals surface area contributed by atoms with E-state index in [0.29, 0.717) is 0 Å². The van der Waals surface area contributed by atoms with Crippen molar-refractivity contribution < 1.29 is 0 Å². The van der Waals surface area contributed by atoms with E-state index in [2.05, 4.69) is 25.3 Å². The van der Waals surface area contributed by atoms with Crippen LogP contribution in [0.3, 0.4) is 0 Å². The van der Waals surface area contributed by atoms with Gasteiger partial charge in [0, 0.05) is 12.8 Å².